The van der Waals surface area contributed by atoms with Gasteiger partial charge >= 0.3 is 0 Å². The van der Waals surface area contributed by atoms with E-state index in [1.807, 2.05) is 6.92 Å². The number of non-ortho nitro benzene ring substituents is 1. The summed E-state index contributed by atoms with van der Waals surface area (Å²) >= 11 is 0. The van der Waals surface area contributed by atoms with Gasteiger partial charge in [0.2, 0.25) is 5.91 Å². The van der Waals surface area contributed by atoms with Crippen LogP contribution in [-0.4, -0.2) is 30.0 Å². The molecule has 25 heavy (non-hydrogen) atoms. The van der Waals surface area contributed by atoms with E-state index in [9.17, 15) is 14.9 Å². The maximum Gasteiger partial charge on any atom is 0.271 e. The van der Waals surface area contributed by atoms with Crippen LogP contribution in [0.1, 0.15) is 40.0 Å². The lowest BCUT2D eigenvalue weighted by Gasteiger charge is -2.36. The molecule has 7 heteroatoms. The molecule has 1 aromatic carbocycles. The largest absolute Gasteiger partial charge is 0.495 e. The molecule has 0 aromatic heterocycles. The van der Waals surface area contributed by atoms with Gasteiger partial charge in [0.1, 0.15) is 5.75 Å². The zero-order valence-electron chi connectivity index (χ0n) is 15.2. The number of methoxy groups -OCH3 is 1. The molecule has 2 rings (SSSR count). The molecule has 7 nitrogen and oxygen atoms in total. The number of hydrogen-bond donors (Lipinski definition) is 2. The second kappa shape index (κ2) is 8.29. The van der Waals surface area contributed by atoms with Crippen LogP contribution < -0.4 is 15.4 Å². The van der Waals surface area contributed by atoms with Gasteiger partial charge in [-0.15, -0.1) is 0 Å². The average molecular weight is 349 g/mol. The Bertz CT molecular complexity index is 635. The van der Waals surface area contributed by atoms with Gasteiger partial charge in [-0.25, -0.2) is 0 Å². The van der Waals surface area contributed by atoms with Crippen molar-refractivity contribution in [2.45, 2.75) is 52.1 Å². The number of anilines is 1. The Hall–Kier alpha value is -2.15. The maximum atomic E-state index is 12.5. The summed E-state index contributed by atoms with van der Waals surface area (Å²) < 4.78 is 5.18. The molecular formula is C18H27N3O4. The number of ether oxygens (including phenoxy) is 1. The predicted octanol–water partition coefficient (Wildman–Crippen LogP) is 3.34. The van der Waals surface area contributed by atoms with E-state index in [4.69, 9.17) is 4.74 Å². The van der Waals surface area contributed by atoms with Crippen molar-refractivity contribution < 1.29 is 14.5 Å². The molecule has 0 radical (unpaired) electrons. The highest BCUT2D eigenvalue weighted by Crippen LogP contribution is 2.31. The van der Waals surface area contributed by atoms with E-state index in [0.29, 0.717) is 29.3 Å². The molecule has 0 heterocycles. The summed E-state index contributed by atoms with van der Waals surface area (Å²) in [6.45, 7) is 6.28. The van der Waals surface area contributed by atoms with Crippen molar-refractivity contribution >= 4 is 17.3 Å². The van der Waals surface area contributed by atoms with Gasteiger partial charge in [0, 0.05) is 18.2 Å². The topological polar surface area (TPSA) is 93.5 Å². The van der Waals surface area contributed by atoms with Crippen LogP contribution in [0.5, 0.6) is 5.75 Å². The van der Waals surface area contributed by atoms with Gasteiger partial charge in [-0.05, 0) is 31.2 Å². The van der Waals surface area contributed by atoms with Crippen LogP contribution in [0.2, 0.25) is 0 Å². The maximum absolute atomic E-state index is 12.5. The first-order chi connectivity index (χ1) is 11.8. The van der Waals surface area contributed by atoms with E-state index >= 15 is 0 Å². The summed E-state index contributed by atoms with van der Waals surface area (Å²) in [6.07, 6.45) is 3.45. The number of benzene rings is 1. The fourth-order valence-electron chi connectivity index (χ4n) is 3.36. The van der Waals surface area contributed by atoms with Crippen LogP contribution in [0.25, 0.3) is 0 Å². The smallest absolute Gasteiger partial charge is 0.271 e. The minimum absolute atomic E-state index is 0.0913. The number of nitro benzene ring substituents is 1. The van der Waals surface area contributed by atoms with Crippen molar-refractivity contribution in [3.8, 4) is 5.75 Å². The summed E-state index contributed by atoms with van der Waals surface area (Å²) in [4.78, 5) is 23.0. The fourth-order valence-corrected chi connectivity index (χ4v) is 3.36. The van der Waals surface area contributed by atoms with Gasteiger partial charge in [-0.3, -0.25) is 14.9 Å². The standard InChI is InChI=1S/C18H27N3O4/c1-11-6-5-7-15(12(11)2)19-13(3)18(22)20-16-10-14(21(23)24)8-9-17(16)25-4/h8-13,15,19H,5-7H2,1-4H3,(H,20,22). The van der Waals surface area contributed by atoms with E-state index in [1.165, 1.54) is 31.7 Å². The Morgan fingerprint density at radius 3 is 2.72 bits per heavy atom. The van der Waals surface area contributed by atoms with E-state index in [1.54, 1.807) is 0 Å². The van der Waals surface area contributed by atoms with Gasteiger partial charge in [0.15, 0.2) is 0 Å². The van der Waals surface area contributed by atoms with Crippen LogP contribution >= 0.6 is 0 Å². The summed E-state index contributed by atoms with van der Waals surface area (Å²) in [7, 11) is 1.46. The summed E-state index contributed by atoms with van der Waals surface area (Å²) in [5, 5.41) is 17.1. The van der Waals surface area contributed by atoms with Crippen molar-refractivity contribution in [1.29, 1.82) is 0 Å². The molecule has 1 aromatic rings. The zero-order chi connectivity index (χ0) is 18.6. The van der Waals surface area contributed by atoms with Crippen LogP contribution in [0, 0.1) is 22.0 Å². The van der Waals surface area contributed by atoms with Crippen molar-refractivity contribution in [3.05, 3.63) is 28.3 Å². The van der Waals surface area contributed by atoms with E-state index in [-0.39, 0.29) is 11.6 Å². The number of nitro groups is 1. The Kier molecular flexibility index (Phi) is 6.36. The van der Waals surface area contributed by atoms with E-state index in [0.717, 1.165) is 12.8 Å². The lowest BCUT2D eigenvalue weighted by atomic mass is 9.78. The average Bonchev–Trinajstić information content (AvgIpc) is 2.58. The Balaban J connectivity index is 2.05. The number of hydrogen-bond acceptors (Lipinski definition) is 5. The molecule has 1 aliphatic carbocycles. The number of amides is 1. The number of nitrogens with one attached hydrogen (secondary N) is 2. The monoisotopic (exact) mass is 349 g/mol. The molecule has 0 spiro atoms. The first-order valence-corrected chi connectivity index (χ1v) is 8.72. The van der Waals surface area contributed by atoms with Crippen LogP contribution in [0.15, 0.2) is 18.2 Å². The molecule has 0 bridgehead atoms. The summed E-state index contributed by atoms with van der Waals surface area (Å²) in [6, 6.07) is 4.05. The molecule has 2 N–H and O–H groups in total. The van der Waals surface area contributed by atoms with E-state index in [2.05, 4.69) is 24.5 Å². The molecule has 1 aliphatic rings. The fraction of sp³-hybridized carbons (Fsp3) is 0.611. The number of nitrogens with zero attached hydrogens (tertiary/aromatic N) is 1. The molecule has 0 saturated heterocycles. The molecule has 1 saturated carbocycles. The Morgan fingerprint density at radius 1 is 1.36 bits per heavy atom. The molecule has 1 fully saturated rings. The highest BCUT2D eigenvalue weighted by molar-refractivity contribution is 5.96. The van der Waals surface area contributed by atoms with Gasteiger partial charge in [-0.2, -0.15) is 0 Å². The van der Waals surface area contributed by atoms with Gasteiger partial charge in [0.05, 0.1) is 23.8 Å². The van der Waals surface area contributed by atoms with Gasteiger partial charge in [-0.1, -0.05) is 26.7 Å². The molecule has 4 atom stereocenters. The first-order valence-electron chi connectivity index (χ1n) is 8.72. The normalized spacial score (nSPS) is 24.4. The number of rotatable bonds is 6. The lowest BCUT2D eigenvalue weighted by molar-refractivity contribution is -0.384. The van der Waals surface area contributed by atoms with E-state index < -0.39 is 11.0 Å². The minimum Gasteiger partial charge on any atom is -0.495 e. The van der Waals surface area contributed by atoms with Crippen LogP contribution in [0.3, 0.4) is 0 Å². The van der Waals surface area contributed by atoms with Crippen molar-refractivity contribution in [1.82, 2.24) is 5.32 Å². The Labute approximate surface area is 148 Å². The minimum atomic E-state index is -0.498. The van der Waals surface area contributed by atoms with Gasteiger partial charge < -0.3 is 15.4 Å². The molecule has 4 unspecified atom stereocenters. The second-order valence-electron chi connectivity index (χ2n) is 6.89. The third-order valence-corrected chi connectivity index (χ3v) is 5.22. The zero-order valence-corrected chi connectivity index (χ0v) is 15.2. The highest BCUT2D eigenvalue weighted by atomic mass is 16.6. The SMILES string of the molecule is COc1ccc([N+](=O)[O-])cc1NC(=O)C(C)NC1CCCC(C)C1C. The quantitative estimate of drug-likeness (QED) is 0.607. The summed E-state index contributed by atoms with van der Waals surface area (Å²) in [5.41, 5.74) is 0.215. The van der Waals surface area contributed by atoms with Crippen molar-refractivity contribution in [2.24, 2.45) is 11.8 Å². The summed E-state index contributed by atoms with van der Waals surface area (Å²) in [5.74, 6) is 1.31. The second-order valence-corrected chi connectivity index (χ2v) is 6.89. The van der Waals surface area contributed by atoms with Crippen molar-refractivity contribution in [3.63, 3.8) is 0 Å². The molecular weight excluding hydrogens is 322 g/mol. The lowest BCUT2D eigenvalue weighted by Crippen LogP contribution is -2.49. The van der Waals surface area contributed by atoms with Crippen LogP contribution in [-0.2, 0) is 4.79 Å². The molecule has 138 valence electrons. The van der Waals surface area contributed by atoms with Crippen LogP contribution in [0.4, 0.5) is 11.4 Å². The third-order valence-electron chi connectivity index (χ3n) is 5.22. The molecule has 0 aliphatic heterocycles. The Morgan fingerprint density at radius 2 is 2.08 bits per heavy atom. The number of carbonyl (C=O) groups is 1. The predicted molar refractivity (Wildman–Crippen MR) is 96.8 cm³/mol. The number of carbonyl (C=O) groups excluding carboxylic acids is 1. The van der Waals surface area contributed by atoms with Gasteiger partial charge in [0.25, 0.3) is 5.69 Å². The molecule has 1 amide bonds. The van der Waals surface area contributed by atoms with Crippen molar-refractivity contribution in [2.75, 3.05) is 12.4 Å². The first kappa shape index (κ1) is 19.2. The third kappa shape index (κ3) is 4.69. The highest BCUT2D eigenvalue weighted by Gasteiger charge is 2.29.